The number of carbonyl (C=O) groups is 2. The van der Waals surface area contributed by atoms with Gasteiger partial charge in [0, 0.05) is 12.7 Å². The molecule has 10 nitrogen and oxygen atoms in total. The van der Waals surface area contributed by atoms with Gasteiger partial charge in [0.05, 0.1) is 12.7 Å². The van der Waals surface area contributed by atoms with Gasteiger partial charge in [-0.3, -0.25) is 9.48 Å². The van der Waals surface area contributed by atoms with Gasteiger partial charge >= 0.3 is 6.09 Å². The molecule has 0 bridgehead atoms. The third-order valence-corrected chi connectivity index (χ3v) is 6.70. The molecule has 1 atom stereocenters. The number of hydrogen-bond donors (Lipinski definition) is 3. The largest absolute Gasteiger partial charge is 0.445 e. The normalized spacial score (nSPS) is 15.7. The van der Waals surface area contributed by atoms with Crippen molar-refractivity contribution in [3.63, 3.8) is 0 Å². The summed E-state index contributed by atoms with van der Waals surface area (Å²) in [4.78, 5) is 25.2. The second kappa shape index (κ2) is 11.1. The van der Waals surface area contributed by atoms with Gasteiger partial charge in [-0.15, -0.1) is 0 Å². The molecule has 11 heteroatoms. The highest BCUT2D eigenvalue weighted by Crippen LogP contribution is 2.27. The lowest BCUT2D eigenvalue weighted by Crippen LogP contribution is -2.52. The molecule has 0 aliphatic heterocycles. The summed E-state index contributed by atoms with van der Waals surface area (Å²) in [6.07, 6.45) is 5.98. The molecule has 1 aromatic carbocycles. The highest BCUT2D eigenvalue weighted by molar-refractivity contribution is 7.90. The molecule has 4 N–H and O–H groups in total. The molecule has 174 valence electrons. The molecule has 1 heterocycles. The van der Waals surface area contributed by atoms with Crippen molar-refractivity contribution in [2.75, 3.05) is 6.54 Å². The fourth-order valence-electron chi connectivity index (χ4n) is 3.75. The van der Waals surface area contributed by atoms with Gasteiger partial charge in [-0.05, 0) is 24.3 Å². The molecule has 3 rings (SSSR count). The number of rotatable bonds is 9. The average molecular weight is 464 g/mol. The van der Waals surface area contributed by atoms with Crippen LogP contribution in [0.3, 0.4) is 0 Å². The Bertz CT molecular complexity index is 1000. The Hall–Kier alpha value is -2.92. The first-order valence-electron chi connectivity index (χ1n) is 10.7. The molecule has 0 saturated heterocycles. The van der Waals surface area contributed by atoms with E-state index in [4.69, 9.17) is 10.5 Å². The van der Waals surface area contributed by atoms with Gasteiger partial charge in [0.25, 0.3) is 15.9 Å². The van der Waals surface area contributed by atoms with Crippen molar-refractivity contribution >= 4 is 22.0 Å². The number of alkyl carbamates (subject to hydrolysis) is 1. The van der Waals surface area contributed by atoms with Crippen LogP contribution < -0.4 is 15.8 Å². The Balaban J connectivity index is 1.68. The topological polar surface area (TPSA) is 145 Å². The van der Waals surface area contributed by atoms with Crippen LogP contribution in [0.5, 0.6) is 0 Å². The Labute approximate surface area is 187 Å². The van der Waals surface area contributed by atoms with Crippen LogP contribution in [0.15, 0.2) is 47.6 Å². The molecular weight excluding hydrogens is 434 g/mol. The molecule has 32 heavy (non-hydrogen) atoms. The first kappa shape index (κ1) is 23.7. The average Bonchev–Trinajstić information content (AvgIpc) is 3.27. The molecule has 2 aromatic rings. The number of ether oxygens (including phenoxy) is 1. The minimum absolute atomic E-state index is 0.0459. The zero-order chi connectivity index (χ0) is 23.0. The first-order valence-corrected chi connectivity index (χ1v) is 12.1. The van der Waals surface area contributed by atoms with E-state index in [1.165, 1.54) is 10.9 Å². The molecule has 1 aliphatic carbocycles. The third-order valence-electron chi connectivity index (χ3n) is 5.40. The summed E-state index contributed by atoms with van der Waals surface area (Å²) in [5.41, 5.74) is 6.26. The van der Waals surface area contributed by atoms with E-state index in [0.717, 1.165) is 31.0 Å². The number of amides is 2. The Morgan fingerprint density at radius 1 is 1.19 bits per heavy atom. The van der Waals surface area contributed by atoms with Crippen LogP contribution in [-0.2, 0) is 32.7 Å². The van der Waals surface area contributed by atoms with Crippen molar-refractivity contribution in [2.24, 2.45) is 11.7 Å². The molecule has 1 saturated carbocycles. The van der Waals surface area contributed by atoms with Crippen molar-refractivity contribution in [3.05, 3.63) is 48.3 Å². The Morgan fingerprint density at radius 3 is 2.59 bits per heavy atom. The third kappa shape index (κ3) is 6.54. The van der Waals surface area contributed by atoms with E-state index in [2.05, 4.69) is 15.1 Å². The lowest BCUT2D eigenvalue weighted by atomic mass is 9.83. The van der Waals surface area contributed by atoms with Crippen molar-refractivity contribution in [1.82, 2.24) is 19.8 Å². The first-order chi connectivity index (χ1) is 15.4. The SMILES string of the molecule is NCCn1cc(S(=O)(=O)NC(=O)[C@H](NC(=O)OCc2ccccc2)C2CCCCC2)cn1. The zero-order valence-electron chi connectivity index (χ0n) is 17.8. The number of sulfonamides is 1. The fraction of sp³-hybridized carbons (Fsp3) is 0.476. The maximum absolute atomic E-state index is 13.0. The van der Waals surface area contributed by atoms with E-state index in [9.17, 15) is 18.0 Å². The van der Waals surface area contributed by atoms with Crippen LogP contribution in [0.1, 0.15) is 37.7 Å². The Morgan fingerprint density at radius 2 is 1.91 bits per heavy atom. The quantitative estimate of drug-likeness (QED) is 0.511. The van der Waals surface area contributed by atoms with E-state index in [1.807, 2.05) is 30.3 Å². The zero-order valence-corrected chi connectivity index (χ0v) is 18.6. The van der Waals surface area contributed by atoms with Crippen molar-refractivity contribution < 1.29 is 22.7 Å². The van der Waals surface area contributed by atoms with Gasteiger partial charge in [0.15, 0.2) is 0 Å². The maximum Gasteiger partial charge on any atom is 0.408 e. The second-order valence-corrected chi connectivity index (χ2v) is 9.46. The van der Waals surface area contributed by atoms with E-state index in [0.29, 0.717) is 25.9 Å². The number of benzene rings is 1. The molecule has 1 fully saturated rings. The van der Waals surface area contributed by atoms with Crippen LogP contribution >= 0.6 is 0 Å². The van der Waals surface area contributed by atoms with Gasteiger partial charge in [0.1, 0.15) is 17.5 Å². The van der Waals surface area contributed by atoms with Gasteiger partial charge in [-0.1, -0.05) is 49.6 Å². The molecule has 1 aliphatic rings. The lowest BCUT2D eigenvalue weighted by molar-refractivity contribution is -0.122. The van der Waals surface area contributed by atoms with Crippen LogP contribution in [0.2, 0.25) is 0 Å². The minimum atomic E-state index is -4.15. The van der Waals surface area contributed by atoms with Gasteiger partial charge in [-0.25, -0.2) is 17.9 Å². The predicted molar refractivity (Wildman–Crippen MR) is 117 cm³/mol. The highest BCUT2D eigenvalue weighted by atomic mass is 32.2. The molecular formula is C21H29N5O5S. The standard InChI is InChI=1S/C21H29N5O5S/c22-11-12-26-14-18(13-23-26)32(29,30)25-20(27)19(17-9-5-2-6-10-17)24-21(28)31-15-16-7-3-1-4-8-16/h1,3-4,7-8,13-14,17,19H,2,5-6,9-12,15,22H2,(H,24,28)(H,25,27)/t19-/m1/s1. The fourth-order valence-corrected chi connectivity index (χ4v) is 4.71. The number of hydrogen-bond acceptors (Lipinski definition) is 7. The summed E-state index contributed by atoms with van der Waals surface area (Å²) in [5.74, 6) is -0.969. The van der Waals surface area contributed by atoms with Crippen LogP contribution in [0.4, 0.5) is 4.79 Å². The number of nitrogens with one attached hydrogen (secondary N) is 2. The van der Waals surface area contributed by atoms with Crippen LogP contribution in [-0.4, -0.2) is 42.8 Å². The summed E-state index contributed by atoms with van der Waals surface area (Å²) >= 11 is 0. The van der Waals surface area contributed by atoms with Crippen molar-refractivity contribution in [2.45, 2.75) is 56.2 Å². The Kier molecular flexibility index (Phi) is 8.23. The van der Waals surface area contributed by atoms with E-state index in [-0.39, 0.29) is 17.4 Å². The summed E-state index contributed by atoms with van der Waals surface area (Å²) in [6, 6.07) is 8.12. The van der Waals surface area contributed by atoms with E-state index < -0.39 is 28.1 Å². The number of carbonyl (C=O) groups excluding carboxylic acids is 2. The minimum Gasteiger partial charge on any atom is -0.445 e. The molecule has 0 radical (unpaired) electrons. The van der Waals surface area contributed by atoms with Crippen molar-refractivity contribution in [3.8, 4) is 0 Å². The summed E-state index contributed by atoms with van der Waals surface area (Å²) in [7, 11) is -4.15. The van der Waals surface area contributed by atoms with Crippen molar-refractivity contribution in [1.29, 1.82) is 0 Å². The summed E-state index contributed by atoms with van der Waals surface area (Å²) < 4.78 is 34.1. The second-order valence-electron chi connectivity index (χ2n) is 7.78. The molecule has 1 aromatic heterocycles. The van der Waals surface area contributed by atoms with E-state index >= 15 is 0 Å². The smallest absolute Gasteiger partial charge is 0.408 e. The summed E-state index contributed by atoms with van der Waals surface area (Å²) in [5, 5.41) is 6.51. The van der Waals surface area contributed by atoms with E-state index in [1.54, 1.807) is 0 Å². The highest BCUT2D eigenvalue weighted by Gasteiger charge is 2.34. The monoisotopic (exact) mass is 463 g/mol. The van der Waals surface area contributed by atoms with Crippen LogP contribution in [0.25, 0.3) is 0 Å². The lowest BCUT2D eigenvalue weighted by Gasteiger charge is -2.29. The van der Waals surface area contributed by atoms with Gasteiger partial charge in [0.2, 0.25) is 0 Å². The molecule has 2 amide bonds. The number of aromatic nitrogens is 2. The summed E-state index contributed by atoms with van der Waals surface area (Å²) in [6.45, 7) is 0.694. The maximum atomic E-state index is 13.0. The number of nitrogens with two attached hydrogens (primary N) is 1. The molecule has 0 spiro atoms. The molecule has 0 unspecified atom stereocenters. The number of nitrogens with zero attached hydrogens (tertiary/aromatic N) is 2. The van der Waals surface area contributed by atoms with Gasteiger partial charge < -0.3 is 15.8 Å². The van der Waals surface area contributed by atoms with Crippen LogP contribution in [0, 0.1) is 5.92 Å². The van der Waals surface area contributed by atoms with Gasteiger partial charge in [-0.2, -0.15) is 5.10 Å². The predicted octanol–water partition coefficient (Wildman–Crippen LogP) is 1.52.